The summed E-state index contributed by atoms with van der Waals surface area (Å²) >= 11 is 0. The molecule has 0 heterocycles. The molecule has 5 nitrogen and oxygen atoms in total. The highest BCUT2D eigenvalue weighted by atomic mass is 16.3. The topological polar surface area (TPSA) is 78.4 Å². The first-order chi connectivity index (χ1) is 8.56. The van der Waals surface area contributed by atoms with Crippen molar-refractivity contribution in [3.63, 3.8) is 0 Å². The van der Waals surface area contributed by atoms with E-state index in [9.17, 15) is 9.59 Å². The zero-order valence-electron chi connectivity index (χ0n) is 10.6. The lowest BCUT2D eigenvalue weighted by Crippen LogP contribution is -2.39. The van der Waals surface area contributed by atoms with E-state index in [4.69, 9.17) is 5.11 Å². The summed E-state index contributed by atoms with van der Waals surface area (Å²) in [6.45, 7) is 3.24. The predicted molar refractivity (Wildman–Crippen MR) is 69.8 cm³/mol. The molecule has 0 aliphatic heterocycles. The first kappa shape index (κ1) is 14.2. The normalized spacial score (nSPS) is 11.7. The van der Waals surface area contributed by atoms with Gasteiger partial charge in [0.25, 0.3) is 0 Å². The van der Waals surface area contributed by atoms with Gasteiger partial charge in [-0.3, -0.25) is 4.79 Å². The quantitative estimate of drug-likeness (QED) is 0.697. The summed E-state index contributed by atoms with van der Waals surface area (Å²) in [6, 6.07) is 6.05. The summed E-state index contributed by atoms with van der Waals surface area (Å²) < 4.78 is 0. The van der Waals surface area contributed by atoms with Gasteiger partial charge in [0.1, 0.15) is 0 Å². The van der Waals surface area contributed by atoms with Crippen molar-refractivity contribution in [1.82, 2.24) is 5.32 Å². The van der Waals surface area contributed by atoms with Crippen LogP contribution in [0.3, 0.4) is 0 Å². The summed E-state index contributed by atoms with van der Waals surface area (Å²) in [7, 11) is 0. The minimum atomic E-state index is -0.392. The average Bonchev–Trinajstić information content (AvgIpc) is 2.36. The van der Waals surface area contributed by atoms with Gasteiger partial charge >= 0.3 is 6.03 Å². The molecule has 0 bridgehead atoms. The lowest BCUT2D eigenvalue weighted by atomic mass is 10.1. The van der Waals surface area contributed by atoms with E-state index in [0.29, 0.717) is 17.7 Å². The predicted octanol–water partition coefficient (Wildman–Crippen LogP) is 1.78. The van der Waals surface area contributed by atoms with E-state index < -0.39 is 6.03 Å². The number of rotatable bonds is 5. The molecule has 0 saturated carbocycles. The molecule has 5 heteroatoms. The van der Waals surface area contributed by atoms with E-state index in [0.717, 1.165) is 0 Å². The summed E-state index contributed by atoms with van der Waals surface area (Å²) in [5.41, 5.74) is 1.09. The first-order valence-electron chi connectivity index (χ1n) is 5.86. The molecule has 98 valence electrons. The molecule has 1 aromatic carbocycles. The van der Waals surface area contributed by atoms with Crippen LogP contribution in [0.1, 0.15) is 30.6 Å². The first-order valence-corrected chi connectivity index (χ1v) is 5.86. The molecule has 1 rings (SSSR count). The van der Waals surface area contributed by atoms with Gasteiger partial charge < -0.3 is 15.7 Å². The molecular formula is C13H18N2O3. The molecule has 1 aromatic rings. The van der Waals surface area contributed by atoms with E-state index in [1.165, 1.54) is 6.92 Å². The van der Waals surface area contributed by atoms with Gasteiger partial charge in [-0.15, -0.1) is 0 Å². The van der Waals surface area contributed by atoms with Crippen molar-refractivity contribution in [2.24, 2.45) is 0 Å². The molecule has 0 fully saturated rings. The largest absolute Gasteiger partial charge is 0.394 e. The Labute approximate surface area is 106 Å². The minimum Gasteiger partial charge on any atom is -0.394 e. The third-order valence-electron chi connectivity index (χ3n) is 2.58. The Kier molecular flexibility index (Phi) is 5.32. The summed E-state index contributed by atoms with van der Waals surface area (Å²) in [5, 5.41) is 14.2. The molecule has 3 N–H and O–H groups in total. The number of amides is 2. The van der Waals surface area contributed by atoms with Crippen LogP contribution in [0.4, 0.5) is 10.5 Å². The van der Waals surface area contributed by atoms with Gasteiger partial charge in [-0.1, -0.05) is 19.1 Å². The molecule has 0 aromatic heterocycles. The maximum absolute atomic E-state index is 11.6. The summed E-state index contributed by atoms with van der Waals surface area (Å²) in [5.74, 6) is -0.0548. The second-order valence-electron chi connectivity index (χ2n) is 4.02. The van der Waals surface area contributed by atoms with E-state index >= 15 is 0 Å². The Morgan fingerprint density at radius 3 is 2.67 bits per heavy atom. The van der Waals surface area contributed by atoms with Crippen LogP contribution in [0.15, 0.2) is 24.3 Å². The molecule has 0 aliphatic rings. The second kappa shape index (κ2) is 6.76. The van der Waals surface area contributed by atoms with Gasteiger partial charge in [0.2, 0.25) is 0 Å². The van der Waals surface area contributed by atoms with E-state index in [1.807, 2.05) is 6.92 Å². The molecule has 0 radical (unpaired) electrons. The zero-order valence-corrected chi connectivity index (χ0v) is 10.6. The van der Waals surface area contributed by atoms with Gasteiger partial charge in [0.05, 0.1) is 12.6 Å². The van der Waals surface area contributed by atoms with Gasteiger partial charge in [0, 0.05) is 11.3 Å². The van der Waals surface area contributed by atoms with Gasteiger partial charge in [-0.05, 0) is 25.5 Å². The Hall–Kier alpha value is -1.88. The van der Waals surface area contributed by atoms with Gasteiger partial charge in [-0.2, -0.15) is 0 Å². The third-order valence-corrected chi connectivity index (χ3v) is 2.58. The number of nitrogens with one attached hydrogen (secondary N) is 2. The molecule has 0 spiro atoms. The Balaban J connectivity index is 2.64. The van der Waals surface area contributed by atoms with Crippen molar-refractivity contribution in [3.8, 4) is 0 Å². The van der Waals surface area contributed by atoms with Gasteiger partial charge in [0.15, 0.2) is 5.78 Å². The Morgan fingerprint density at radius 2 is 2.11 bits per heavy atom. The number of aliphatic hydroxyl groups excluding tert-OH is 1. The summed E-state index contributed by atoms with van der Waals surface area (Å²) in [4.78, 5) is 22.8. The monoisotopic (exact) mass is 250 g/mol. The Bertz CT molecular complexity index is 428. The molecule has 2 amide bonds. The zero-order chi connectivity index (χ0) is 13.5. The highest BCUT2D eigenvalue weighted by Gasteiger charge is 2.09. The number of hydrogen-bond acceptors (Lipinski definition) is 3. The lowest BCUT2D eigenvalue weighted by Gasteiger charge is -2.14. The van der Waals surface area contributed by atoms with Gasteiger partial charge in [-0.25, -0.2) is 4.79 Å². The number of hydrogen-bond donors (Lipinski definition) is 3. The standard InChI is InChI=1S/C13H18N2O3/c1-3-11(8-16)14-13(18)15-12-6-4-5-10(7-12)9(2)17/h4-7,11,16H,3,8H2,1-2H3,(H2,14,15,18)/t11-/m1/s1. The molecule has 18 heavy (non-hydrogen) atoms. The molecule has 0 saturated heterocycles. The number of ketones is 1. The SMILES string of the molecule is CC[C@H](CO)NC(=O)Nc1cccc(C(C)=O)c1. The molecule has 0 unspecified atom stereocenters. The number of benzene rings is 1. The van der Waals surface area contributed by atoms with E-state index in [-0.39, 0.29) is 18.4 Å². The van der Waals surface area contributed by atoms with Crippen LogP contribution < -0.4 is 10.6 Å². The van der Waals surface area contributed by atoms with Crippen molar-refractivity contribution in [3.05, 3.63) is 29.8 Å². The number of carbonyl (C=O) groups is 2. The lowest BCUT2D eigenvalue weighted by molar-refractivity contribution is 0.101. The van der Waals surface area contributed by atoms with Crippen LogP contribution in [0, 0.1) is 0 Å². The van der Waals surface area contributed by atoms with Crippen molar-refractivity contribution in [1.29, 1.82) is 0 Å². The highest BCUT2D eigenvalue weighted by molar-refractivity contribution is 5.96. The van der Waals surface area contributed by atoms with Crippen LogP contribution in [0.5, 0.6) is 0 Å². The fourth-order valence-electron chi connectivity index (χ4n) is 1.45. The maximum atomic E-state index is 11.6. The minimum absolute atomic E-state index is 0.0548. The van der Waals surface area contributed by atoms with Crippen LogP contribution in [-0.4, -0.2) is 29.6 Å². The number of aliphatic hydroxyl groups is 1. The van der Waals surface area contributed by atoms with Crippen molar-refractivity contribution < 1.29 is 14.7 Å². The fourth-order valence-corrected chi connectivity index (χ4v) is 1.45. The molecular weight excluding hydrogens is 232 g/mol. The second-order valence-corrected chi connectivity index (χ2v) is 4.02. The highest BCUT2D eigenvalue weighted by Crippen LogP contribution is 2.11. The average molecular weight is 250 g/mol. The van der Waals surface area contributed by atoms with Crippen molar-refractivity contribution in [2.75, 3.05) is 11.9 Å². The van der Waals surface area contributed by atoms with Crippen LogP contribution in [0.2, 0.25) is 0 Å². The van der Waals surface area contributed by atoms with Crippen LogP contribution in [-0.2, 0) is 0 Å². The number of Topliss-reactive ketones (excluding diaryl/α,β-unsaturated/α-hetero) is 1. The van der Waals surface area contributed by atoms with Crippen LogP contribution >= 0.6 is 0 Å². The Morgan fingerprint density at radius 1 is 1.39 bits per heavy atom. The third kappa shape index (κ3) is 4.18. The summed E-state index contributed by atoms with van der Waals surface area (Å²) in [6.07, 6.45) is 0.650. The smallest absolute Gasteiger partial charge is 0.319 e. The van der Waals surface area contributed by atoms with Crippen molar-refractivity contribution >= 4 is 17.5 Å². The number of carbonyl (C=O) groups excluding carboxylic acids is 2. The number of anilines is 1. The van der Waals surface area contributed by atoms with E-state index in [2.05, 4.69) is 10.6 Å². The molecule has 0 aliphatic carbocycles. The number of urea groups is 1. The van der Waals surface area contributed by atoms with Crippen molar-refractivity contribution in [2.45, 2.75) is 26.3 Å². The maximum Gasteiger partial charge on any atom is 0.319 e. The fraction of sp³-hybridized carbons (Fsp3) is 0.385. The van der Waals surface area contributed by atoms with Crippen LogP contribution in [0.25, 0.3) is 0 Å². The molecule has 1 atom stereocenters. The van der Waals surface area contributed by atoms with E-state index in [1.54, 1.807) is 24.3 Å².